The van der Waals surface area contributed by atoms with Gasteiger partial charge in [0.05, 0.1) is 22.6 Å². The lowest BCUT2D eigenvalue weighted by Crippen LogP contribution is -2.64. The van der Waals surface area contributed by atoms with Crippen molar-refractivity contribution in [3.05, 3.63) is 296 Å². The fourth-order valence-corrected chi connectivity index (χ4v) is 19.8. The van der Waals surface area contributed by atoms with Crippen molar-refractivity contribution in [3.8, 4) is 67.1 Å². The number of hydrogen-bond donors (Lipinski definition) is 0. The standard InChI is InChI=1S/C94H70B2N4O/c1-92(2,3)67-55-76-90-78(56-67)96-87-81(98(90)94(5)51-18-17-50-93(76,94)4)54-66-52-64(41-47-71(66)85(87)74-48-40-63-23-10-13-26-72(63)88(74)100(96)69-45-38-59(39-46-69)57-20-7-6-8-21-57)61-34-32-58(33-35-61)60-36-43-68(44-37-60)99-80-49-42-62-22-9-12-25-70(62)84(80)75-53-65-24-11-14-27-73(65)89-86(75)95(99)77-28-19-31-83-91(77)97(89)79-29-15-16-30-82(79)101-83/h6-16,19-49,52-56H,17-18,50-51H2,1-5H3. The molecular formula is C94H70B2N4O. The third-order valence-electron chi connectivity index (χ3n) is 24.8. The molecule has 6 heterocycles. The molecule has 1 saturated carbocycles. The van der Waals surface area contributed by atoms with E-state index >= 15 is 0 Å². The largest absolute Gasteiger partial charge is 0.453 e. The van der Waals surface area contributed by atoms with Crippen LogP contribution in [0.15, 0.2) is 285 Å². The number of anilines is 9. The molecule has 0 aromatic heterocycles. The predicted molar refractivity (Wildman–Crippen MR) is 427 cm³/mol. The molecule has 0 bridgehead atoms. The number of nitrogens with zero attached hydrogens (tertiary/aromatic N) is 4. The summed E-state index contributed by atoms with van der Waals surface area (Å²) in [6.07, 6.45) is 4.76. The molecule has 0 amide bonds. The van der Waals surface area contributed by atoms with Gasteiger partial charge in [0.2, 0.25) is 0 Å². The molecule has 0 radical (unpaired) electrons. The number of rotatable bonds is 5. The van der Waals surface area contributed by atoms with Crippen LogP contribution in [0.5, 0.6) is 11.5 Å². The molecule has 101 heavy (non-hydrogen) atoms. The summed E-state index contributed by atoms with van der Waals surface area (Å²) in [5, 5.41) is 10.0. The first kappa shape index (κ1) is 57.4. The zero-order valence-corrected chi connectivity index (χ0v) is 57.3. The molecule has 1 aliphatic carbocycles. The Kier molecular flexibility index (Phi) is 11.7. The SMILES string of the molecule is CC(C)(C)c1cc2c3c(c1)C1(C)CCCCC1(C)N3c1cc3cc(-c4ccc(-c5ccc(N6B7c8cccc9c8N(c8ccccc8O9)c8c7c(cc7ccccc87)-c7c6ccc6ccccc76)cc5)cc4)ccc3c3c1B2N(c1ccc(-c2ccccc2)cc1)c1c-3ccc2ccccc12. The molecule has 6 aliphatic heterocycles. The highest BCUT2D eigenvalue weighted by atomic mass is 16.5. The van der Waals surface area contributed by atoms with E-state index in [2.05, 4.69) is 339 Å². The molecule has 7 aliphatic rings. The second-order valence-corrected chi connectivity index (χ2v) is 30.9. The molecule has 22 rings (SSSR count). The summed E-state index contributed by atoms with van der Waals surface area (Å²) in [7, 11) is 0. The summed E-state index contributed by atoms with van der Waals surface area (Å²) in [5.74, 6) is 1.73. The van der Waals surface area contributed by atoms with Crippen LogP contribution in [-0.2, 0) is 10.8 Å². The maximum Gasteiger partial charge on any atom is 0.333 e. The Balaban J connectivity index is 0.687. The third-order valence-corrected chi connectivity index (χ3v) is 24.8. The third kappa shape index (κ3) is 7.79. The molecule has 478 valence electrons. The zero-order chi connectivity index (χ0) is 66.9. The average Bonchev–Trinajstić information content (AvgIpc) is 1.46. The van der Waals surface area contributed by atoms with Gasteiger partial charge in [0.15, 0.2) is 11.5 Å². The van der Waals surface area contributed by atoms with Crippen LogP contribution in [-0.4, -0.2) is 19.2 Å². The van der Waals surface area contributed by atoms with E-state index in [1.165, 1.54) is 185 Å². The van der Waals surface area contributed by atoms with E-state index in [4.69, 9.17) is 4.74 Å². The number of hydrogen-bond acceptors (Lipinski definition) is 5. The lowest BCUT2D eigenvalue weighted by molar-refractivity contribution is 0.195. The topological polar surface area (TPSA) is 22.2 Å². The van der Waals surface area contributed by atoms with Crippen LogP contribution >= 0.6 is 0 Å². The van der Waals surface area contributed by atoms with E-state index in [-0.39, 0.29) is 30.1 Å². The molecule has 5 nitrogen and oxygen atoms in total. The second-order valence-electron chi connectivity index (χ2n) is 30.9. The fraction of sp³-hybridized carbons (Fsp3) is 0.128. The molecule has 0 spiro atoms. The van der Waals surface area contributed by atoms with Crippen LogP contribution in [0, 0.1) is 0 Å². The van der Waals surface area contributed by atoms with E-state index in [0.717, 1.165) is 35.0 Å². The monoisotopic (exact) mass is 1290 g/mol. The van der Waals surface area contributed by atoms with Crippen LogP contribution in [0.2, 0.25) is 0 Å². The highest BCUT2D eigenvalue weighted by Crippen LogP contribution is 2.64. The van der Waals surface area contributed by atoms with Gasteiger partial charge in [0, 0.05) is 61.4 Å². The summed E-state index contributed by atoms with van der Waals surface area (Å²) in [6, 6.07) is 108. The first-order valence-electron chi connectivity index (χ1n) is 36.3. The van der Waals surface area contributed by atoms with Crippen LogP contribution in [0.1, 0.15) is 71.4 Å². The van der Waals surface area contributed by atoms with E-state index in [9.17, 15) is 0 Å². The fourth-order valence-electron chi connectivity index (χ4n) is 19.8. The van der Waals surface area contributed by atoms with Gasteiger partial charge in [-0.3, -0.25) is 0 Å². The second kappa shape index (κ2) is 20.6. The van der Waals surface area contributed by atoms with E-state index in [1.807, 2.05) is 0 Å². The van der Waals surface area contributed by atoms with Crippen molar-refractivity contribution in [2.45, 2.75) is 76.7 Å². The number of ether oxygens (including phenoxy) is 1. The zero-order valence-electron chi connectivity index (χ0n) is 57.3. The van der Waals surface area contributed by atoms with Gasteiger partial charge in [-0.1, -0.05) is 259 Å². The normalized spacial score (nSPS) is 17.6. The summed E-state index contributed by atoms with van der Waals surface area (Å²) in [4.78, 5) is 10.8. The van der Waals surface area contributed by atoms with Crippen molar-refractivity contribution in [1.29, 1.82) is 0 Å². The van der Waals surface area contributed by atoms with Crippen molar-refractivity contribution in [2.24, 2.45) is 0 Å². The summed E-state index contributed by atoms with van der Waals surface area (Å²) < 4.78 is 6.86. The van der Waals surface area contributed by atoms with Gasteiger partial charge in [-0.15, -0.1) is 0 Å². The molecule has 0 saturated heterocycles. The van der Waals surface area contributed by atoms with E-state index < -0.39 is 0 Å². The quantitative estimate of drug-likeness (QED) is 0.160. The van der Waals surface area contributed by atoms with Gasteiger partial charge in [-0.25, -0.2) is 0 Å². The molecule has 0 N–H and O–H groups in total. The van der Waals surface area contributed by atoms with Gasteiger partial charge in [0.25, 0.3) is 0 Å². The Bertz CT molecular complexity index is 6120. The Morgan fingerprint density at radius 1 is 0.366 bits per heavy atom. The molecule has 2 unspecified atom stereocenters. The lowest BCUT2D eigenvalue weighted by atomic mass is 9.42. The van der Waals surface area contributed by atoms with Crippen molar-refractivity contribution < 1.29 is 4.74 Å². The number of fused-ring (bicyclic) bond motifs is 21. The molecular weight excluding hydrogens is 1220 g/mol. The first-order valence-corrected chi connectivity index (χ1v) is 36.3. The van der Waals surface area contributed by atoms with Crippen molar-refractivity contribution >= 4 is 130 Å². The van der Waals surface area contributed by atoms with Gasteiger partial charge in [-0.05, 0) is 202 Å². The Hall–Kier alpha value is -11.5. The van der Waals surface area contributed by atoms with Crippen LogP contribution in [0.25, 0.3) is 98.7 Å². The molecule has 2 atom stereocenters. The number of para-hydroxylation sites is 3. The Morgan fingerprint density at radius 3 is 1.70 bits per heavy atom. The van der Waals surface area contributed by atoms with Crippen LogP contribution in [0.4, 0.5) is 51.2 Å². The average molecular weight is 1290 g/mol. The summed E-state index contributed by atoms with van der Waals surface area (Å²) in [5.41, 5.74) is 31.4. The maximum atomic E-state index is 6.86. The summed E-state index contributed by atoms with van der Waals surface area (Å²) >= 11 is 0. The van der Waals surface area contributed by atoms with E-state index in [1.54, 1.807) is 0 Å². The highest BCUT2D eigenvalue weighted by Gasteiger charge is 2.62. The number of benzene rings is 15. The van der Waals surface area contributed by atoms with Gasteiger partial charge < -0.3 is 24.2 Å². The Labute approximate surface area is 590 Å². The lowest BCUT2D eigenvalue weighted by Gasteiger charge is -2.53. The van der Waals surface area contributed by atoms with Gasteiger partial charge in [-0.2, -0.15) is 0 Å². The molecule has 7 heteroatoms. The van der Waals surface area contributed by atoms with Crippen LogP contribution in [0.3, 0.4) is 0 Å². The minimum atomic E-state index is -0.148. The van der Waals surface area contributed by atoms with Crippen molar-refractivity contribution in [1.82, 2.24) is 0 Å². The van der Waals surface area contributed by atoms with Crippen LogP contribution < -0.4 is 46.0 Å². The van der Waals surface area contributed by atoms with Gasteiger partial charge >= 0.3 is 13.7 Å². The minimum absolute atomic E-state index is 0.0540. The molecule has 15 aromatic rings. The van der Waals surface area contributed by atoms with E-state index in [0.29, 0.717) is 0 Å². The minimum Gasteiger partial charge on any atom is -0.453 e. The van der Waals surface area contributed by atoms with Crippen molar-refractivity contribution in [3.63, 3.8) is 0 Å². The van der Waals surface area contributed by atoms with Gasteiger partial charge in [0.1, 0.15) is 0 Å². The van der Waals surface area contributed by atoms with Crippen molar-refractivity contribution in [2.75, 3.05) is 19.4 Å². The first-order chi connectivity index (χ1) is 49.5. The Morgan fingerprint density at radius 2 is 0.950 bits per heavy atom. The maximum absolute atomic E-state index is 6.86. The highest BCUT2D eigenvalue weighted by molar-refractivity contribution is 6.95. The predicted octanol–water partition coefficient (Wildman–Crippen LogP) is 22.4. The smallest absolute Gasteiger partial charge is 0.333 e. The molecule has 15 aromatic carbocycles. The summed E-state index contributed by atoms with van der Waals surface area (Å²) in [6.45, 7) is 12.2. The molecule has 1 fully saturated rings.